The molecule has 1 atom stereocenters. The van der Waals surface area contributed by atoms with Gasteiger partial charge in [0, 0.05) is 11.6 Å². The van der Waals surface area contributed by atoms with Crippen LogP contribution in [0, 0.1) is 5.82 Å². The van der Waals surface area contributed by atoms with Crippen molar-refractivity contribution >= 4 is 0 Å². The molecular weight excluding hydrogens is 207 g/mol. The molecule has 0 radical (unpaired) electrons. The van der Waals surface area contributed by atoms with Crippen LogP contribution in [0.2, 0.25) is 0 Å². The van der Waals surface area contributed by atoms with Gasteiger partial charge in [-0.1, -0.05) is 13.8 Å². The van der Waals surface area contributed by atoms with Gasteiger partial charge < -0.3 is 9.84 Å². The zero-order valence-corrected chi connectivity index (χ0v) is 10.2. The highest BCUT2D eigenvalue weighted by molar-refractivity contribution is 5.43. The highest BCUT2D eigenvalue weighted by Gasteiger charge is 2.16. The Morgan fingerprint density at radius 3 is 2.38 bits per heavy atom. The summed E-state index contributed by atoms with van der Waals surface area (Å²) in [4.78, 5) is 0. The molecule has 16 heavy (non-hydrogen) atoms. The highest BCUT2D eigenvalue weighted by atomic mass is 19.1. The Kier molecular flexibility index (Phi) is 4.30. The fourth-order valence-electron chi connectivity index (χ4n) is 1.96. The minimum absolute atomic E-state index is 0.240. The van der Waals surface area contributed by atoms with E-state index in [1.807, 2.05) is 13.8 Å². The lowest BCUT2D eigenvalue weighted by molar-refractivity contribution is 0.195. The summed E-state index contributed by atoms with van der Waals surface area (Å²) in [6.07, 6.45) is -0.0363. The Morgan fingerprint density at radius 2 is 1.94 bits per heavy atom. The van der Waals surface area contributed by atoms with Gasteiger partial charge in [-0.3, -0.25) is 0 Å². The second-order valence-corrected chi connectivity index (χ2v) is 4.39. The van der Waals surface area contributed by atoms with E-state index in [1.165, 1.54) is 19.2 Å². The minimum Gasteiger partial charge on any atom is -0.496 e. The lowest BCUT2D eigenvalue weighted by Crippen LogP contribution is -2.09. The standard InChI is InChI=1S/C13H19FO2/c1-8(2)13-10(5-9(3)15)6-11(14)7-12(13)16-4/h6-9,15H,5H2,1-4H3. The van der Waals surface area contributed by atoms with Gasteiger partial charge in [0.05, 0.1) is 13.2 Å². The zero-order valence-electron chi connectivity index (χ0n) is 10.2. The second-order valence-electron chi connectivity index (χ2n) is 4.39. The molecule has 1 aromatic rings. The van der Waals surface area contributed by atoms with Gasteiger partial charge in [0.25, 0.3) is 0 Å². The van der Waals surface area contributed by atoms with E-state index in [9.17, 15) is 9.50 Å². The van der Waals surface area contributed by atoms with Crippen LogP contribution < -0.4 is 4.74 Å². The summed E-state index contributed by atoms with van der Waals surface area (Å²) < 4.78 is 18.5. The third-order valence-electron chi connectivity index (χ3n) is 2.51. The third kappa shape index (κ3) is 2.95. The maximum atomic E-state index is 13.3. The van der Waals surface area contributed by atoms with Crippen molar-refractivity contribution in [3.05, 3.63) is 29.1 Å². The Labute approximate surface area is 96.1 Å². The molecule has 0 saturated heterocycles. The van der Waals surface area contributed by atoms with Crippen LogP contribution in [0.4, 0.5) is 4.39 Å². The molecule has 1 rings (SSSR count). The van der Waals surface area contributed by atoms with E-state index in [1.54, 1.807) is 6.92 Å². The Bertz CT molecular complexity index is 359. The molecule has 0 aliphatic carbocycles. The first kappa shape index (κ1) is 13.0. The largest absolute Gasteiger partial charge is 0.496 e. The molecule has 3 heteroatoms. The average Bonchev–Trinajstić information content (AvgIpc) is 2.14. The van der Waals surface area contributed by atoms with Crippen molar-refractivity contribution in [1.29, 1.82) is 0 Å². The molecule has 90 valence electrons. The molecule has 0 amide bonds. The van der Waals surface area contributed by atoms with Gasteiger partial charge in [-0.15, -0.1) is 0 Å². The van der Waals surface area contributed by atoms with E-state index in [0.717, 1.165) is 11.1 Å². The fourth-order valence-corrected chi connectivity index (χ4v) is 1.96. The van der Waals surface area contributed by atoms with Gasteiger partial charge in [-0.25, -0.2) is 4.39 Å². The number of rotatable bonds is 4. The van der Waals surface area contributed by atoms with Crippen molar-refractivity contribution in [2.24, 2.45) is 0 Å². The number of aliphatic hydroxyl groups excluding tert-OH is 1. The summed E-state index contributed by atoms with van der Waals surface area (Å²) in [5, 5.41) is 9.40. The van der Waals surface area contributed by atoms with Gasteiger partial charge in [0.1, 0.15) is 11.6 Å². The zero-order chi connectivity index (χ0) is 12.3. The SMILES string of the molecule is COc1cc(F)cc(CC(C)O)c1C(C)C. The molecule has 1 N–H and O–H groups in total. The van der Waals surface area contributed by atoms with Crippen LogP contribution in [0.5, 0.6) is 5.75 Å². The summed E-state index contributed by atoms with van der Waals surface area (Å²) in [5.74, 6) is 0.479. The van der Waals surface area contributed by atoms with E-state index < -0.39 is 6.10 Å². The van der Waals surface area contributed by atoms with Gasteiger partial charge in [0.2, 0.25) is 0 Å². The van der Waals surface area contributed by atoms with E-state index in [2.05, 4.69) is 0 Å². The Morgan fingerprint density at radius 1 is 1.31 bits per heavy atom. The number of aliphatic hydroxyl groups is 1. The smallest absolute Gasteiger partial charge is 0.127 e. The third-order valence-corrected chi connectivity index (χ3v) is 2.51. The molecule has 0 aliphatic rings. The van der Waals surface area contributed by atoms with Crippen molar-refractivity contribution in [2.45, 2.75) is 39.2 Å². The van der Waals surface area contributed by atoms with Gasteiger partial charge in [0.15, 0.2) is 0 Å². The lowest BCUT2D eigenvalue weighted by Gasteiger charge is -2.18. The number of ether oxygens (including phenoxy) is 1. The number of hydrogen-bond donors (Lipinski definition) is 1. The summed E-state index contributed by atoms with van der Waals surface area (Å²) in [6, 6.07) is 2.87. The minimum atomic E-state index is -0.482. The summed E-state index contributed by atoms with van der Waals surface area (Å²) in [5.41, 5.74) is 1.80. The molecule has 0 spiro atoms. The summed E-state index contributed by atoms with van der Waals surface area (Å²) in [6.45, 7) is 5.75. The quantitative estimate of drug-likeness (QED) is 0.855. The first-order valence-electron chi connectivity index (χ1n) is 5.50. The molecule has 0 aliphatic heterocycles. The topological polar surface area (TPSA) is 29.5 Å². The summed E-state index contributed by atoms with van der Waals surface area (Å²) in [7, 11) is 1.53. The molecule has 0 heterocycles. The first-order chi connectivity index (χ1) is 7.45. The molecule has 1 aromatic carbocycles. The van der Waals surface area contributed by atoms with Gasteiger partial charge >= 0.3 is 0 Å². The van der Waals surface area contributed by atoms with Crippen LogP contribution in [-0.2, 0) is 6.42 Å². The van der Waals surface area contributed by atoms with E-state index >= 15 is 0 Å². The predicted octanol–water partition coefficient (Wildman–Crippen LogP) is 2.88. The molecule has 1 unspecified atom stereocenters. The van der Waals surface area contributed by atoms with E-state index in [0.29, 0.717) is 12.2 Å². The molecule has 2 nitrogen and oxygen atoms in total. The molecule has 0 fully saturated rings. The second kappa shape index (κ2) is 5.30. The molecular formula is C13H19FO2. The van der Waals surface area contributed by atoms with Gasteiger partial charge in [-0.05, 0) is 30.9 Å². The van der Waals surface area contributed by atoms with Gasteiger partial charge in [-0.2, -0.15) is 0 Å². The number of halogens is 1. The lowest BCUT2D eigenvalue weighted by atomic mass is 9.93. The molecule has 0 aromatic heterocycles. The monoisotopic (exact) mass is 226 g/mol. The van der Waals surface area contributed by atoms with Crippen molar-refractivity contribution in [3.8, 4) is 5.75 Å². The van der Waals surface area contributed by atoms with Crippen LogP contribution in [0.15, 0.2) is 12.1 Å². The Balaban J connectivity index is 3.26. The van der Waals surface area contributed by atoms with E-state index in [-0.39, 0.29) is 11.7 Å². The van der Waals surface area contributed by atoms with Crippen LogP contribution in [-0.4, -0.2) is 18.3 Å². The van der Waals surface area contributed by atoms with Crippen molar-refractivity contribution < 1.29 is 14.2 Å². The summed E-state index contributed by atoms with van der Waals surface area (Å²) >= 11 is 0. The average molecular weight is 226 g/mol. The maximum Gasteiger partial charge on any atom is 0.127 e. The number of methoxy groups -OCH3 is 1. The number of benzene rings is 1. The molecule has 0 bridgehead atoms. The molecule has 0 saturated carbocycles. The fraction of sp³-hybridized carbons (Fsp3) is 0.538. The van der Waals surface area contributed by atoms with E-state index in [4.69, 9.17) is 4.74 Å². The first-order valence-corrected chi connectivity index (χ1v) is 5.50. The van der Waals surface area contributed by atoms with Crippen molar-refractivity contribution in [3.63, 3.8) is 0 Å². The van der Waals surface area contributed by atoms with Crippen LogP contribution in [0.3, 0.4) is 0 Å². The van der Waals surface area contributed by atoms with Crippen LogP contribution in [0.1, 0.15) is 37.8 Å². The van der Waals surface area contributed by atoms with Crippen molar-refractivity contribution in [2.75, 3.05) is 7.11 Å². The maximum absolute atomic E-state index is 13.3. The van der Waals surface area contributed by atoms with Crippen molar-refractivity contribution in [1.82, 2.24) is 0 Å². The normalized spacial score (nSPS) is 12.9. The van der Waals surface area contributed by atoms with Crippen LogP contribution in [0.25, 0.3) is 0 Å². The number of hydrogen-bond acceptors (Lipinski definition) is 2. The Hall–Kier alpha value is -1.09. The van der Waals surface area contributed by atoms with Crippen LogP contribution >= 0.6 is 0 Å². The predicted molar refractivity (Wildman–Crippen MR) is 62.4 cm³/mol. The highest BCUT2D eigenvalue weighted by Crippen LogP contribution is 2.31.